The highest BCUT2D eigenvalue weighted by atomic mass is 32.1. The highest BCUT2D eigenvalue weighted by Gasteiger charge is 2.21. The summed E-state index contributed by atoms with van der Waals surface area (Å²) >= 11 is 1.71. The van der Waals surface area contributed by atoms with Crippen LogP contribution in [0.15, 0.2) is 35.4 Å². The lowest BCUT2D eigenvalue weighted by Gasteiger charge is -2.36. The molecule has 3 heterocycles. The van der Waals surface area contributed by atoms with Crippen molar-refractivity contribution < 1.29 is 5.11 Å². The molecule has 1 N–H and O–H groups in total. The molecule has 0 atom stereocenters. The number of anilines is 1. The lowest BCUT2D eigenvalue weighted by Crippen LogP contribution is -2.46. The van der Waals surface area contributed by atoms with Crippen LogP contribution in [-0.2, 0) is 19.4 Å². The Morgan fingerprint density at radius 3 is 2.67 bits per heavy atom. The monoisotopic (exact) mass is 424 g/mol. The standard InChI is InChI=1S/C23H28N4O2S/c28-19-8-3-2-7-18(19)26-14-12-25(13-15-26)10-5-11-27-16-24-22-21(23(27)29)17-6-1-4-9-20(17)30-22/h2-3,7-8,16,28H,1,4-6,9-15H2. The molecule has 3 aromatic rings. The summed E-state index contributed by atoms with van der Waals surface area (Å²) in [6.07, 6.45) is 7.21. The Morgan fingerprint density at radius 1 is 1.03 bits per heavy atom. The average Bonchev–Trinajstić information content (AvgIpc) is 3.16. The first-order valence-corrected chi connectivity index (χ1v) is 11.8. The molecule has 1 aliphatic heterocycles. The zero-order valence-electron chi connectivity index (χ0n) is 17.2. The van der Waals surface area contributed by atoms with Gasteiger partial charge in [-0.25, -0.2) is 4.98 Å². The van der Waals surface area contributed by atoms with Crippen molar-refractivity contribution in [3.63, 3.8) is 0 Å². The predicted molar refractivity (Wildman–Crippen MR) is 122 cm³/mol. The third-order valence-electron chi connectivity index (χ3n) is 6.41. The first-order valence-electron chi connectivity index (χ1n) is 11.0. The lowest BCUT2D eigenvalue weighted by atomic mass is 9.97. The number of para-hydroxylation sites is 2. The zero-order valence-corrected chi connectivity index (χ0v) is 18.0. The first kappa shape index (κ1) is 19.6. The molecule has 1 fully saturated rings. The Labute approximate surface area is 180 Å². The summed E-state index contributed by atoms with van der Waals surface area (Å²) in [7, 11) is 0. The summed E-state index contributed by atoms with van der Waals surface area (Å²) in [6.45, 7) is 5.45. The molecular weight excluding hydrogens is 396 g/mol. The number of piperazine rings is 1. The molecule has 6 nitrogen and oxygen atoms in total. The van der Waals surface area contributed by atoms with Crippen molar-refractivity contribution in [2.24, 2.45) is 0 Å². The maximum Gasteiger partial charge on any atom is 0.262 e. The van der Waals surface area contributed by atoms with Crippen LogP contribution in [0.5, 0.6) is 5.75 Å². The fourth-order valence-corrected chi connectivity index (χ4v) is 5.97. The minimum atomic E-state index is 0.142. The molecule has 158 valence electrons. The normalized spacial score (nSPS) is 17.4. The molecule has 5 rings (SSSR count). The van der Waals surface area contributed by atoms with Gasteiger partial charge < -0.3 is 10.0 Å². The third kappa shape index (κ3) is 3.72. The fraction of sp³-hybridized carbons (Fsp3) is 0.478. The van der Waals surface area contributed by atoms with Gasteiger partial charge in [0.2, 0.25) is 0 Å². The minimum absolute atomic E-state index is 0.142. The van der Waals surface area contributed by atoms with E-state index < -0.39 is 0 Å². The van der Waals surface area contributed by atoms with Crippen molar-refractivity contribution in [1.82, 2.24) is 14.5 Å². The number of aromatic nitrogens is 2. The van der Waals surface area contributed by atoms with Gasteiger partial charge in [-0.2, -0.15) is 0 Å². The second kappa shape index (κ2) is 8.40. The van der Waals surface area contributed by atoms with Crippen molar-refractivity contribution in [2.45, 2.75) is 38.6 Å². The Balaban J connectivity index is 1.19. The molecule has 2 aliphatic rings. The number of aromatic hydroxyl groups is 1. The van der Waals surface area contributed by atoms with Crippen molar-refractivity contribution in [1.29, 1.82) is 0 Å². The van der Waals surface area contributed by atoms with Gasteiger partial charge in [0.1, 0.15) is 10.6 Å². The number of benzene rings is 1. The molecule has 1 aromatic carbocycles. The van der Waals surface area contributed by atoms with Gasteiger partial charge >= 0.3 is 0 Å². The van der Waals surface area contributed by atoms with Gasteiger partial charge in [0, 0.05) is 37.6 Å². The summed E-state index contributed by atoms with van der Waals surface area (Å²) in [5.74, 6) is 0.351. The quantitative estimate of drug-likeness (QED) is 0.681. The van der Waals surface area contributed by atoms with Gasteiger partial charge in [0.25, 0.3) is 5.56 Å². The molecule has 1 saturated heterocycles. The van der Waals surface area contributed by atoms with E-state index in [1.165, 1.54) is 23.3 Å². The van der Waals surface area contributed by atoms with Crippen molar-refractivity contribution in [2.75, 3.05) is 37.6 Å². The summed E-state index contributed by atoms with van der Waals surface area (Å²) in [5, 5.41) is 10.9. The Kier molecular flexibility index (Phi) is 5.48. The summed E-state index contributed by atoms with van der Waals surface area (Å²) in [6, 6.07) is 7.54. The number of fused-ring (bicyclic) bond motifs is 3. The van der Waals surface area contributed by atoms with E-state index in [0.717, 1.165) is 67.9 Å². The summed E-state index contributed by atoms with van der Waals surface area (Å²) in [5.41, 5.74) is 2.33. The first-order chi connectivity index (χ1) is 14.7. The van der Waals surface area contributed by atoms with E-state index in [1.54, 1.807) is 23.7 Å². The van der Waals surface area contributed by atoms with Gasteiger partial charge in [-0.15, -0.1) is 11.3 Å². The Hall–Kier alpha value is -2.38. The largest absolute Gasteiger partial charge is 0.506 e. The van der Waals surface area contributed by atoms with Gasteiger partial charge in [0.15, 0.2) is 0 Å². The molecule has 0 saturated carbocycles. The van der Waals surface area contributed by atoms with E-state index in [4.69, 9.17) is 0 Å². The van der Waals surface area contributed by atoms with E-state index in [9.17, 15) is 9.90 Å². The third-order valence-corrected chi connectivity index (χ3v) is 7.61. The van der Waals surface area contributed by atoms with Crippen LogP contribution in [0.1, 0.15) is 29.7 Å². The maximum atomic E-state index is 13.1. The second-order valence-electron chi connectivity index (χ2n) is 8.31. The number of phenols is 1. The summed E-state index contributed by atoms with van der Waals surface area (Å²) < 4.78 is 1.81. The molecule has 7 heteroatoms. The van der Waals surface area contributed by atoms with E-state index in [2.05, 4.69) is 14.8 Å². The average molecular weight is 425 g/mol. The molecule has 0 bridgehead atoms. The van der Waals surface area contributed by atoms with Crippen LogP contribution >= 0.6 is 11.3 Å². The van der Waals surface area contributed by atoms with E-state index in [-0.39, 0.29) is 5.56 Å². The van der Waals surface area contributed by atoms with Gasteiger partial charge in [-0.1, -0.05) is 12.1 Å². The predicted octanol–water partition coefficient (Wildman–Crippen LogP) is 3.25. The van der Waals surface area contributed by atoms with E-state index >= 15 is 0 Å². The smallest absolute Gasteiger partial charge is 0.262 e. The van der Waals surface area contributed by atoms with Crippen LogP contribution in [0, 0.1) is 0 Å². The molecule has 2 aromatic heterocycles. The molecule has 0 unspecified atom stereocenters. The molecule has 0 radical (unpaired) electrons. The topological polar surface area (TPSA) is 61.6 Å². The number of thiophene rings is 1. The molecule has 1 aliphatic carbocycles. The number of aryl methyl sites for hydroxylation is 3. The number of rotatable bonds is 5. The number of phenolic OH excluding ortho intramolecular Hbond substituents is 1. The number of hydrogen-bond donors (Lipinski definition) is 1. The second-order valence-corrected chi connectivity index (χ2v) is 9.39. The van der Waals surface area contributed by atoms with Crippen LogP contribution < -0.4 is 10.5 Å². The van der Waals surface area contributed by atoms with Crippen molar-refractivity contribution in [3.8, 4) is 5.75 Å². The van der Waals surface area contributed by atoms with E-state index in [0.29, 0.717) is 12.3 Å². The minimum Gasteiger partial charge on any atom is -0.506 e. The molecular formula is C23H28N4O2S. The fourth-order valence-electron chi connectivity index (χ4n) is 4.75. The molecule has 30 heavy (non-hydrogen) atoms. The highest BCUT2D eigenvalue weighted by Crippen LogP contribution is 2.33. The van der Waals surface area contributed by atoms with Gasteiger partial charge in [-0.05, 0) is 56.3 Å². The van der Waals surface area contributed by atoms with Crippen LogP contribution in [-0.4, -0.2) is 52.3 Å². The van der Waals surface area contributed by atoms with Crippen molar-refractivity contribution in [3.05, 3.63) is 51.4 Å². The van der Waals surface area contributed by atoms with Crippen LogP contribution in [0.25, 0.3) is 10.2 Å². The SMILES string of the molecule is O=c1c2c3c(sc2ncn1CCCN1CCN(c2ccccc2O)CC1)CCCC3. The van der Waals surface area contributed by atoms with Crippen LogP contribution in [0.3, 0.4) is 0 Å². The Morgan fingerprint density at radius 2 is 1.83 bits per heavy atom. The Bertz CT molecular complexity index is 1100. The van der Waals surface area contributed by atoms with Crippen LogP contribution in [0.2, 0.25) is 0 Å². The van der Waals surface area contributed by atoms with Crippen LogP contribution in [0.4, 0.5) is 5.69 Å². The number of hydrogen-bond acceptors (Lipinski definition) is 6. The molecule has 0 amide bonds. The van der Waals surface area contributed by atoms with E-state index in [1.807, 2.05) is 22.8 Å². The maximum absolute atomic E-state index is 13.1. The zero-order chi connectivity index (χ0) is 20.5. The summed E-state index contributed by atoms with van der Waals surface area (Å²) in [4.78, 5) is 24.6. The van der Waals surface area contributed by atoms with Crippen molar-refractivity contribution >= 4 is 27.2 Å². The highest BCUT2D eigenvalue weighted by molar-refractivity contribution is 7.18. The van der Waals surface area contributed by atoms with Gasteiger partial charge in [-0.3, -0.25) is 14.3 Å². The van der Waals surface area contributed by atoms with Gasteiger partial charge in [0.05, 0.1) is 17.4 Å². The molecule has 0 spiro atoms. The lowest BCUT2D eigenvalue weighted by molar-refractivity contribution is 0.249. The number of nitrogens with zero attached hydrogens (tertiary/aromatic N) is 4.